The van der Waals surface area contributed by atoms with Crippen LogP contribution in [0.3, 0.4) is 0 Å². The number of carbonyl (C=O) groups is 1. The molecule has 1 saturated heterocycles. The first kappa shape index (κ1) is 28.1. The molecule has 6 unspecified atom stereocenters. The van der Waals surface area contributed by atoms with Crippen molar-refractivity contribution in [3.05, 3.63) is 0 Å². The summed E-state index contributed by atoms with van der Waals surface area (Å²) in [7, 11) is -2.29. The molecule has 1 amide bonds. The number of hydrogen-bond acceptors (Lipinski definition) is 10. The van der Waals surface area contributed by atoms with Gasteiger partial charge >= 0.3 is 0 Å². The molecule has 7 N–H and O–H groups in total. The Morgan fingerprint density at radius 1 is 0.889 bits per heavy atom. The minimum absolute atomic E-state index is 0.00106. The second kappa shape index (κ2) is 12.8. The Morgan fingerprint density at radius 3 is 2.17 bits per heavy atom. The van der Waals surface area contributed by atoms with Crippen LogP contribution in [0.2, 0.25) is 0 Å². The summed E-state index contributed by atoms with van der Waals surface area (Å²) in [6.45, 7) is 0. The molecule has 12 nitrogen and oxygen atoms in total. The van der Waals surface area contributed by atoms with Gasteiger partial charge in [-0.15, -0.1) is 0 Å². The zero-order chi connectivity index (χ0) is 25.7. The van der Waals surface area contributed by atoms with E-state index < -0.39 is 34.3 Å². The number of methoxy groups -OCH3 is 1. The standard InChI is InChI=1S/C23H44N6O6S/c1-35-20-12-9-17(29(14-30)16-5-3-2-4-6-16)13-19(20)25-22-26-21(27-23(31)28-22)24-15-7-10-18(11-8-15)36(32,33)34/h14-28,31H,2-13H2,1H3,(H,32,33,34). The van der Waals surface area contributed by atoms with Gasteiger partial charge in [0.25, 0.3) is 10.1 Å². The molecule has 3 aliphatic carbocycles. The minimum Gasteiger partial charge on any atom is -0.380 e. The first-order chi connectivity index (χ1) is 17.3. The van der Waals surface area contributed by atoms with E-state index >= 15 is 0 Å². The van der Waals surface area contributed by atoms with Crippen LogP contribution < -0.4 is 26.6 Å². The Balaban J connectivity index is 1.32. The lowest BCUT2D eigenvalue weighted by Gasteiger charge is -2.46. The third kappa shape index (κ3) is 7.35. The Bertz CT molecular complexity index is 807. The van der Waals surface area contributed by atoms with Crippen molar-refractivity contribution in [1.82, 2.24) is 31.5 Å². The first-order valence-electron chi connectivity index (χ1n) is 13.5. The first-order valence-corrected chi connectivity index (χ1v) is 15.0. The summed E-state index contributed by atoms with van der Waals surface area (Å²) in [4.78, 5) is 14.1. The van der Waals surface area contributed by atoms with Gasteiger partial charge in [-0.2, -0.15) is 8.42 Å². The highest BCUT2D eigenvalue weighted by Crippen LogP contribution is 2.30. The van der Waals surface area contributed by atoms with Crippen LogP contribution in [-0.2, 0) is 19.6 Å². The van der Waals surface area contributed by atoms with Crippen molar-refractivity contribution in [1.29, 1.82) is 0 Å². The lowest BCUT2D eigenvalue weighted by atomic mass is 9.85. The molecule has 6 atom stereocenters. The van der Waals surface area contributed by atoms with E-state index in [1.54, 1.807) is 7.11 Å². The van der Waals surface area contributed by atoms with E-state index in [-0.39, 0.29) is 24.2 Å². The maximum absolute atomic E-state index is 12.1. The predicted octanol–water partition coefficient (Wildman–Crippen LogP) is -0.283. The fourth-order valence-electron chi connectivity index (χ4n) is 6.49. The molecule has 0 aromatic carbocycles. The van der Waals surface area contributed by atoms with E-state index in [1.165, 1.54) is 19.3 Å². The molecular weight excluding hydrogens is 488 g/mol. The van der Waals surface area contributed by atoms with Crippen LogP contribution in [0, 0.1) is 0 Å². The Morgan fingerprint density at radius 2 is 1.56 bits per heavy atom. The summed E-state index contributed by atoms with van der Waals surface area (Å²) in [6, 6.07) is 0.526. The van der Waals surface area contributed by atoms with Gasteiger partial charge in [0.2, 0.25) is 6.41 Å². The second-order valence-electron chi connectivity index (χ2n) is 10.8. The number of rotatable bonds is 9. The van der Waals surface area contributed by atoms with Gasteiger partial charge in [-0.05, 0) is 57.8 Å². The molecule has 36 heavy (non-hydrogen) atoms. The molecule has 4 aliphatic rings. The van der Waals surface area contributed by atoms with E-state index in [0.717, 1.165) is 38.5 Å². The molecular formula is C23H44N6O6S. The Kier molecular flexibility index (Phi) is 9.97. The number of nitrogens with zero attached hydrogens (tertiary/aromatic N) is 1. The van der Waals surface area contributed by atoms with Crippen molar-refractivity contribution < 1.29 is 27.6 Å². The largest absolute Gasteiger partial charge is 0.380 e. The number of amides is 1. The molecule has 3 saturated carbocycles. The summed E-state index contributed by atoms with van der Waals surface area (Å²) < 4.78 is 37.9. The van der Waals surface area contributed by atoms with Crippen LogP contribution in [0.15, 0.2) is 0 Å². The van der Waals surface area contributed by atoms with E-state index in [9.17, 15) is 22.9 Å². The zero-order valence-corrected chi connectivity index (χ0v) is 22.0. The smallest absolute Gasteiger partial charge is 0.267 e. The van der Waals surface area contributed by atoms with Gasteiger partial charge in [0.1, 0.15) is 12.6 Å². The van der Waals surface area contributed by atoms with Gasteiger partial charge in [-0.25, -0.2) is 0 Å². The molecule has 4 fully saturated rings. The predicted molar refractivity (Wildman–Crippen MR) is 134 cm³/mol. The van der Waals surface area contributed by atoms with Crippen LogP contribution in [0.5, 0.6) is 0 Å². The lowest BCUT2D eigenvalue weighted by Crippen LogP contribution is -2.76. The van der Waals surface area contributed by atoms with Crippen molar-refractivity contribution >= 4 is 16.5 Å². The highest BCUT2D eigenvalue weighted by atomic mass is 32.2. The highest BCUT2D eigenvalue weighted by molar-refractivity contribution is 7.86. The normalized spacial score (nSPS) is 39.0. The topological polar surface area (TPSA) is 164 Å². The van der Waals surface area contributed by atoms with Crippen molar-refractivity contribution in [2.24, 2.45) is 0 Å². The molecule has 0 bridgehead atoms. The quantitative estimate of drug-likeness (QED) is 0.154. The van der Waals surface area contributed by atoms with Crippen LogP contribution in [0.4, 0.5) is 0 Å². The van der Waals surface area contributed by atoms with Crippen LogP contribution in [-0.4, -0.2) is 90.9 Å². The zero-order valence-electron chi connectivity index (χ0n) is 21.1. The van der Waals surface area contributed by atoms with Crippen molar-refractivity contribution in [2.45, 2.75) is 132 Å². The number of aliphatic hydroxyl groups excluding tert-OH is 1. The molecule has 0 aromatic rings. The molecule has 4 rings (SSSR count). The summed E-state index contributed by atoms with van der Waals surface area (Å²) in [5, 5.41) is 26.1. The maximum Gasteiger partial charge on any atom is 0.267 e. The van der Waals surface area contributed by atoms with Crippen LogP contribution >= 0.6 is 0 Å². The number of ether oxygens (including phenoxy) is 1. The third-order valence-electron chi connectivity index (χ3n) is 8.46. The maximum atomic E-state index is 12.1. The molecule has 13 heteroatoms. The number of aliphatic hydroxyl groups is 1. The van der Waals surface area contributed by atoms with Gasteiger partial charge in [0, 0.05) is 31.3 Å². The fourth-order valence-corrected chi connectivity index (χ4v) is 7.36. The van der Waals surface area contributed by atoms with Gasteiger partial charge in [0.15, 0.2) is 6.35 Å². The van der Waals surface area contributed by atoms with E-state index in [1.807, 2.05) is 4.90 Å². The van der Waals surface area contributed by atoms with Crippen LogP contribution in [0.1, 0.15) is 77.0 Å². The monoisotopic (exact) mass is 532 g/mol. The summed E-state index contributed by atoms with van der Waals surface area (Å²) in [6.07, 6.45) is 9.59. The minimum atomic E-state index is -4.00. The van der Waals surface area contributed by atoms with Gasteiger partial charge in [-0.1, -0.05) is 19.3 Å². The average molecular weight is 533 g/mol. The number of nitrogens with one attached hydrogen (secondary N) is 5. The van der Waals surface area contributed by atoms with Gasteiger partial charge in [0.05, 0.1) is 11.4 Å². The Labute approximate surface area is 214 Å². The SMILES string of the molecule is COC1CCC(N(C=O)C2CCCCC2)CC1NC1NC(O)NC(NC2CCC(S(=O)(=O)O)CC2)N1. The van der Waals surface area contributed by atoms with E-state index in [0.29, 0.717) is 31.7 Å². The lowest BCUT2D eigenvalue weighted by molar-refractivity contribution is -0.125. The summed E-state index contributed by atoms with van der Waals surface area (Å²) >= 11 is 0. The van der Waals surface area contributed by atoms with Gasteiger partial charge < -0.3 is 14.7 Å². The Hall–Kier alpha value is -0.900. The number of carbonyl (C=O) groups excluding carboxylic acids is 1. The van der Waals surface area contributed by atoms with Crippen molar-refractivity contribution in [3.63, 3.8) is 0 Å². The fraction of sp³-hybridized carbons (Fsp3) is 0.957. The van der Waals surface area contributed by atoms with E-state index in [2.05, 4.69) is 26.6 Å². The third-order valence-corrected chi connectivity index (χ3v) is 9.78. The second-order valence-corrected chi connectivity index (χ2v) is 12.5. The molecule has 1 heterocycles. The van der Waals surface area contributed by atoms with Crippen LogP contribution in [0.25, 0.3) is 0 Å². The van der Waals surface area contributed by atoms with Crippen molar-refractivity contribution in [3.8, 4) is 0 Å². The molecule has 208 valence electrons. The molecule has 0 aromatic heterocycles. The van der Waals surface area contributed by atoms with E-state index in [4.69, 9.17) is 4.74 Å². The molecule has 1 aliphatic heterocycles. The highest BCUT2D eigenvalue weighted by Gasteiger charge is 2.38. The number of hydrogen-bond donors (Lipinski definition) is 7. The summed E-state index contributed by atoms with van der Waals surface area (Å²) in [5.74, 6) is 0. The average Bonchev–Trinajstić information content (AvgIpc) is 2.85. The van der Waals surface area contributed by atoms with Gasteiger partial charge in [-0.3, -0.25) is 35.9 Å². The van der Waals surface area contributed by atoms with Crippen molar-refractivity contribution in [2.75, 3.05) is 7.11 Å². The molecule has 0 radical (unpaired) electrons. The molecule has 0 spiro atoms. The summed E-state index contributed by atoms with van der Waals surface area (Å²) in [5.41, 5.74) is 0.